The Morgan fingerprint density at radius 3 is 1.88 bits per heavy atom. The van der Waals surface area contributed by atoms with Crippen LogP contribution in [-0.2, 0) is 4.74 Å². The van der Waals surface area contributed by atoms with Gasteiger partial charge in [-0.25, -0.2) is 4.79 Å². The first-order valence-corrected chi connectivity index (χ1v) is 5.21. The quantitative estimate of drug-likeness (QED) is 0.525. The standard InChI is InChI=1S/C10H11IO4.HI/c1-13-7-4-6(10(12)15-3)5-8(14-2)9(7)11;/h4-5H,1-3H3;1H. The minimum absolute atomic E-state index is 0. The molecule has 6 heteroatoms. The maximum atomic E-state index is 11.3. The Balaban J connectivity index is 0.00000225. The molecule has 0 aliphatic carbocycles. The van der Waals surface area contributed by atoms with Crippen molar-refractivity contribution in [3.63, 3.8) is 0 Å². The van der Waals surface area contributed by atoms with Gasteiger partial charge in [0.25, 0.3) is 0 Å². The van der Waals surface area contributed by atoms with Crippen LogP contribution in [0.2, 0.25) is 0 Å². The summed E-state index contributed by atoms with van der Waals surface area (Å²) in [5.74, 6) is 0.772. The van der Waals surface area contributed by atoms with Crippen molar-refractivity contribution in [2.45, 2.75) is 0 Å². The van der Waals surface area contributed by atoms with Gasteiger partial charge in [-0.15, -0.1) is 24.0 Å². The number of benzene rings is 1. The van der Waals surface area contributed by atoms with Gasteiger partial charge in [-0.1, -0.05) is 0 Å². The third-order valence-corrected chi connectivity index (χ3v) is 2.93. The van der Waals surface area contributed by atoms with Crippen LogP contribution >= 0.6 is 46.6 Å². The van der Waals surface area contributed by atoms with Gasteiger partial charge in [0.1, 0.15) is 11.5 Å². The molecule has 16 heavy (non-hydrogen) atoms. The molecule has 1 aromatic rings. The topological polar surface area (TPSA) is 44.8 Å². The van der Waals surface area contributed by atoms with Crippen LogP contribution in [0, 0.1) is 3.57 Å². The van der Waals surface area contributed by atoms with Crippen LogP contribution in [0.15, 0.2) is 12.1 Å². The third kappa shape index (κ3) is 3.37. The Morgan fingerprint density at radius 2 is 1.56 bits per heavy atom. The third-order valence-electron chi connectivity index (χ3n) is 1.87. The summed E-state index contributed by atoms with van der Waals surface area (Å²) < 4.78 is 15.7. The molecule has 0 fully saturated rings. The van der Waals surface area contributed by atoms with Gasteiger partial charge >= 0.3 is 5.97 Å². The van der Waals surface area contributed by atoms with E-state index in [1.54, 1.807) is 12.1 Å². The van der Waals surface area contributed by atoms with Gasteiger partial charge in [-0.2, -0.15) is 0 Å². The summed E-state index contributed by atoms with van der Waals surface area (Å²) in [5.41, 5.74) is 0.409. The summed E-state index contributed by atoms with van der Waals surface area (Å²) >= 11 is 2.09. The molecule has 0 radical (unpaired) electrons. The lowest BCUT2D eigenvalue weighted by molar-refractivity contribution is 0.0600. The number of methoxy groups -OCH3 is 3. The molecule has 0 aromatic heterocycles. The number of halogens is 2. The summed E-state index contributed by atoms with van der Waals surface area (Å²) in [5, 5.41) is 0. The number of carbonyl (C=O) groups is 1. The molecule has 0 saturated carbocycles. The van der Waals surface area contributed by atoms with E-state index in [0.29, 0.717) is 17.1 Å². The summed E-state index contributed by atoms with van der Waals surface area (Å²) in [7, 11) is 4.41. The minimum atomic E-state index is -0.414. The largest absolute Gasteiger partial charge is 0.495 e. The lowest BCUT2D eigenvalue weighted by Gasteiger charge is -2.10. The summed E-state index contributed by atoms with van der Waals surface area (Å²) in [6.45, 7) is 0. The Morgan fingerprint density at radius 1 is 1.12 bits per heavy atom. The molecule has 0 amide bonds. The fraction of sp³-hybridized carbons (Fsp3) is 0.300. The highest BCUT2D eigenvalue weighted by Gasteiger charge is 2.14. The highest BCUT2D eigenvalue weighted by molar-refractivity contribution is 14.1. The first kappa shape index (κ1) is 15.8. The van der Waals surface area contributed by atoms with Crippen LogP contribution in [0.25, 0.3) is 0 Å². The average Bonchev–Trinajstić information content (AvgIpc) is 2.28. The van der Waals surface area contributed by atoms with E-state index in [1.165, 1.54) is 21.3 Å². The molecule has 0 unspecified atom stereocenters. The van der Waals surface area contributed by atoms with Crippen LogP contribution in [0.3, 0.4) is 0 Å². The molecular formula is C10H12I2O4. The molecule has 1 aromatic carbocycles. The Kier molecular flexibility index (Phi) is 7.04. The second-order valence-electron chi connectivity index (χ2n) is 2.69. The number of hydrogen-bond donors (Lipinski definition) is 0. The Labute approximate surface area is 125 Å². The van der Waals surface area contributed by atoms with Crippen LogP contribution in [0.1, 0.15) is 10.4 Å². The van der Waals surface area contributed by atoms with Gasteiger partial charge in [0.05, 0.1) is 30.5 Å². The zero-order valence-electron chi connectivity index (χ0n) is 9.07. The van der Waals surface area contributed by atoms with Gasteiger partial charge in [-0.3, -0.25) is 0 Å². The second-order valence-corrected chi connectivity index (χ2v) is 3.77. The fourth-order valence-corrected chi connectivity index (χ4v) is 1.86. The molecule has 0 spiro atoms. The molecule has 0 aliphatic heterocycles. The van der Waals surface area contributed by atoms with E-state index in [1.807, 2.05) is 0 Å². The monoisotopic (exact) mass is 450 g/mol. The number of carbonyl (C=O) groups excluding carboxylic acids is 1. The first-order valence-electron chi connectivity index (χ1n) is 4.13. The predicted molar refractivity (Wildman–Crippen MR) is 79.0 cm³/mol. The number of ether oxygens (including phenoxy) is 3. The van der Waals surface area contributed by atoms with Gasteiger partial charge in [0.2, 0.25) is 0 Å². The SMILES string of the molecule is COC(=O)c1cc(OC)c(I)c(OC)c1.I. The zero-order chi connectivity index (χ0) is 11.4. The normalized spacial score (nSPS) is 9.00. The van der Waals surface area contributed by atoms with Crippen molar-refractivity contribution in [3.05, 3.63) is 21.3 Å². The molecule has 0 aliphatic rings. The minimum Gasteiger partial charge on any atom is -0.495 e. The highest BCUT2D eigenvalue weighted by atomic mass is 127. The summed E-state index contributed by atoms with van der Waals surface area (Å²) in [6, 6.07) is 3.24. The van der Waals surface area contributed by atoms with Crippen molar-refractivity contribution < 1.29 is 19.0 Å². The molecule has 4 nitrogen and oxygen atoms in total. The van der Waals surface area contributed by atoms with E-state index in [-0.39, 0.29) is 24.0 Å². The van der Waals surface area contributed by atoms with Crippen LogP contribution in [0.5, 0.6) is 11.5 Å². The van der Waals surface area contributed by atoms with Gasteiger partial charge in [0.15, 0.2) is 0 Å². The Hall–Kier alpha value is -0.250. The second kappa shape index (κ2) is 7.15. The summed E-state index contributed by atoms with van der Waals surface area (Å²) in [6.07, 6.45) is 0. The van der Waals surface area contributed by atoms with Gasteiger partial charge in [-0.05, 0) is 34.7 Å². The van der Waals surface area contributed by atoms with Crippen molar-refractivity contribution in [2.24, 2.45) is 0 Å². The number of hydrogen-bond acceptors (Lipinski definition) is 4. The molecule has 0 saturated heterocycles. The van der Waals surface area contributed by atoms with Gasteiger partial charge < -0.3 is 14.2 Å². The van der Waals surface area contributed by atoms with Crippen LogP contribution in [0.4, 0.5) is 0 Å². The van der Waals surface area contributed by atoms with Crippen molar-refractivity contribution in [3.8, 4) is 11.5 Å². The maximum Gasteiger partial charge on any atom is 0.338 e. The summed E-state index contributed by atoms with van der Waals surface area (Å²) in [4.78, 5) is 11.3. The molecule has 0 bridgehead atoms. The molecule has 0 atom stereocenters. The average molecular weight is 450 g/mol. The van der Waals surface area contributed by atoms with E-state index in [2.05, 4.69) is 27.3 Å². The predicted octanol–water partition coefficient (Wildman–Crippen LogP) is 2.71. The van der Waals surface area contributed by atoms with Gasteiger partial charge in [0, 0.05) is 0 Å². The molecule has 0 N–H and O–H groups in total. The molecular weight excluding hydrogens is 438 g/mol. The van der Waals surface area contributed by atoms with E-state index in [4.69, 9.17) is 9.47 Å². The lowest BCUT2D eigenvalue weighted by atomic mass is 10.2. The van der Waals surface area contributed by atoms with Crippen molar-refractivity contribution in [1.29, 1.82) is 0 Å². The Bertz CT molecular complexity index is 354. The van der Waals surface area contributed by atoms with Crippen molar-refractivity contribution in [2.75, 3.05) is 21.3 Å². The first-order chi connectivity index (χ1) is 7.13. The molecule has 1 rings (SSSR count). The molecule has 90 valence electrons. The van der Waals surface area contributed by atoms with E-state index >= 15 is 0 Å². The molecule has 0 heterocycles. The van der Waals surface area contributed by atoms with Crippen molar-refractivity contribution in [1.82, 2.24) is 0 Å². The fourth-order valence-electron chi connectivity index (χ4n) is 1.11. The number of esters is 1. The van der Waals surface area contributed by atoms with Crippen LogP contribution < -0.4 is 9.47 Å². The smallest absolute Gasteiger partial charge is 0.338 e. The zero-order valence-corrected chi connectivity index (χ0v) is 13.6. The van der Waals surface area contributed by atoms with E-state index in [0.717, 1.165) is 3.57 Å². The lowest BCUT2D eigenvalue weighted by Crippen LogP contribution is -2.03. The van der Waals surface area contributed by atoms with E-state index < -0.39 is 5.97 Å². The number of rotatable bonds is 3. The van der Waals surface area contributed by atoms with Crippen LogP contribution in [-0.4, -0.2) is 27.3 Å². The highest BCUT2D eigenvalue weighted by Crippen LogP contribution is 2.31. The van der Waals surface area contributed by atoms with Crippen molar-refractivity contribution >= 4 is 52.5 Å². The maximum absolute atomic E-state index is 11.3. The van der Waals surface area contributed by atoms with E-state index in [9.17, 15) is 4.79 Å².